The number of hydrogen-bond donors (Lipinski definition) is 4. The van der Waals surface area contributed by atoms with Gasteiger partial charge in [0.1, 0.15) is 36.1 Å². The van der Waals surface area contributed by atoms with E-state index in [0.717, 1.165) is 19.8 Å². The molecular weight excluding hydrogens is 827 g/mol. The van der Waals surface area contributed by atoms with Crippen LogP contribution in [-0.2, 0) is 47.6 Å². The first-order chi connectivity index (χ1) is 29.3. The van der Waals surface area contributed by atoms with Crippen LogP contribution in [0.4, 0.5) is 4.79 Å². The van der Waals surface area contributed by atoms with Crippen molar-refractivity contribution in [3.05, 3.63) is 69.4 Å². The van der Waals surface area contributed by atoms with Gasteiger partial charge in [-0.25, -0.2) is 14.4 Å². The highest BCUT2D eigenvalue weighted by molar-refractivity contribution is 7.10. The van der Waals surface area contributed by atoms with E-state index in [-0.39, 0.29) is 42.3 Å². The maximum Gasteiger partial charge on any atom is 0.408 e. The Balaban J connectivity index is 1.37. The van der Waals surface area contributed by atoms with Crippen LogP contribution in [0, 0.1) is 16.7 Å². The molecule has 1 aliphatic heterocycles. The standard InChI is InChI=1S/C45H55NO15S/c1-7-31(49)59-35-32-23(2)27(58-40(53)34(50)33(28-18-13-19-62-28)46-41(54)57-26-16-11-12-17-26)21-45(55,42(32,4)5)38(60-39(52)25-14-9-8-10-15-25)36-43(6,37(35)51)29(48)20-30-44(36,22-56-30)61-24(3)47/h8-10,13-15,18-19,26-27,29-30,33-36,38,48,50,55H,7,11-12,16-17,20-22H2,1-6H3,(H,46,54)/t27-,29-,30+,33-,34+,35+,36-,38-,43+,44-,45+/m0/s1. The number of amides is 1. The molecule has 1 amide bonds. The summed E-state index contributed by atoms with van der Waals surface area (Å²) in [5, 5.41) is 41.8. The number of aliphatic hydroxyl groups is 3. The lowest BCUT2D eigenvalue weighted by atomic mass is 9.44. The van der Waals surface area contributed by atoms with Crippen molar-refractivity contribution in [3.8, 4) is 0 Å². The van der Waals surface area contributed by atoms with Gasteiger partial charge in [0.25, 0.3) is 0 Å². The summed E-state index contributed by atoms with van der Waals surface area (Å²) in [7, 11) is 0. The summed E-state index contributed by atoms with van der Waals surface area (Å²) in [4.78, 5) is 84.0. The number of Topliss-reactive ketones (excluding diaryl/α,β-unsaturated/α-hetero) is 1. The van der Waals surface area contributed by atoms with Gasteiger partial charge in [-0.05, 0) is 74.3 Å². The normalized spacial score (nSPS) is 33.5. The summed E-state index contributed by atoms with van der Waals surface area (Å²) in [5.41, 5.74) is -7.58. The number of aliphatic hydroxyl groups excluding tert-OH is 2. The van der Waals surface area contributed by atoms with Gasteiger partial charge in [-0.1, -0.05) is 45.0 Å². The van der Waals surface area contributed by atoms with Gasteiger partial charge >= 0.3 is 30.0 Å². The first-order valence-electron chi connectivity index (χ1n) is 21.1. The first kappa shape index (κ1) is 45.3. The summed E-state index contributed by atoms with van der Waals surface area (Å²) in [6.45, 7) is 8.47. The molecule has 4 aliphatic carbocycles. The number of benzene rings is 1. The number of hydrogen-bond acceptors (Lipinski definition) is 16. The largest absolute Gasteiger partial charge is 0.456 e. The topological polar surface area (TPSA) is 231 Å². The molecule has 0 radical (unpaired) electrons. The monoisotopic (exact) mass is 881 g/mol. The molecular formula is C45H55NO15S. The van der Waals surface area contributed by atoms with Crippen LogP contribution in [0.3, 0.4) is 0 Å². The van der Waals surface area contributed by atoms with E-state index in [1.807, 2.05) is 0 Å². The molecule has 17 heteroatoms. The summed E-state index contributed by atoms with van der Waals surface area (Å²) in [5.74, 6) is -6.11. The Morgan fingerprint density at radius 1 is 0.984 bits per heavy atom. The van der Waals surface area contributed by atoms with Crippen molar-refractivity contribution >= 4 is 47.1 Å². The highest BCUT2D eigenvalue weighted by atomic mass is 32.1. The summed E-state index contributed by atoms with van der Waals surface area (Å²) >= 11 is 1.17. The van der Waals surface area contributed by atoms with E-state index in [2.05, 4.69) is 5.32 Å². The second-order valence-corrected chi connectivity index (χ2v) is 18.8. The number of nitrogens with one attached hydrogen (secondary N) is 1. The lowest BCUT2D eigenvalue weighted by Crippen LogP contribution is -2.82. The zero-order chi connectivity index (χ0) is 44.9. The summed E-state index contributed by atoms with van der Waals surface area (Å²) < 4.78 is 36.0. The number of rotatable bonds is 11. The van der Waals surface area contributed by atoms with E-state index >= 15 is 4.79 Å². The Kier molecular flexibility index (Phi) is 12.5. The Labute approximate surface area is 363 Å². The average Bonchev–Trinajstić information content (AvgIpc) is 3.96. The average molecular weight is 882 g/mol. The zero-order valence-electron chi connectivity index (χ0n) is 35.6. The number of ether oxygens (including phenoxy) is 6. The maximum atomic E-state index is 15.6. The van der Waals surface area contributed by atoms with Crippen LogP contribution in [0.2, 0.25) is 0 Å². The highest BCUT2D eigenvalue weighted by Crippen LogP contribution is 2.64. The minimum absolute atomic E-state index is 0.0135. The first-order valence-corrected chi connectivity index (χ1v) is 22.0. The van der Waals surface area contributed by atoms with Crippen molar-refractivity contribution < 1.29 is 72.5 Å². The van der Waals surface area contributed by atoms with Gasteiger partial charge in [0.05, 0.1) is 29.6 Å². The van der Waals surface area contributed by atoms with Crippen molar-refractivity contribution in [2.45, 2.75) is 146 Å². The molecule has 1 aromatic carbocycles. The number of esters is 4. The smallest absolute Gasteiger partial charge is 0.408 e. The van der Waals surface area contributed by atoms with Crippen LogP contribution < -0.4 is 5.32 Å². The molecule has 2 aromatic rings. The van der Waals surface area contributed by atoms with E-state index in [1.165, 1.54) is 44.2 Å². The minimum atomic E-state index is -2.38. The summed E-state index contributed by atoms with van der Waals surface area (Å²) in [6.07, 6.45) is -8.59. The van der Waals surface area contributed by atoms with E-state index in [9.17, 15) is 39.3 Å². The number of thiophene rings is 1. The number of carbonyl (C=O) groups is 6. The van der Waals surface area contributed by atoms with E-state index in [4.69, 9.17) is 28.4 Å². The molecule has 16 nitrogen and oxygen atoms in total. The fraction of sp³-hybridized carbons (Fsp3) is 0.600. The quantitative estimate of drug-likeness (QED) is 0.139. The van der Waals surface area contributed by atoms with Crippen molar-refractivity contribution in [1.29, 1.82) is 0 Å². The third-order valence-corrected chi connectivity index (χ3v) is 14.9. The number of ketones is 1. The van der Waals surface area contributed by atoms with Gasteiger partial charge in [0, 0.05) is 36.5 Å². The minimum Gasteiger partial charge on any atom is -0.456 e. The molecule has 3 saturated carbocycles. The number of alkyl carbamates (subject to hydrolysis) is 1. The predicted molar refractivity (Wildman–Crippen MR) is 218 cm³/mol. The van der Waals surface area contributed by atoms with Crippen molar-refractivity contribution in [2.75, 3.05) is 6.61 Å². The molecule has 2 heterocycles. The van der Waals surface area contributed by atoms with E-state index in [1.54, 1.807) is 49.6 Å². The Hall–Kier alpha value is -4.68. The molecule has 336 valence electrons. The van der Waals surface area contributed by atoms with Gasteiger partial charge in [0.2, 0.25) is 0 Å². The lowest BCUT2D eigenvalue weighted by molar-refractivity contribution is -0.346. The van der Waals surface area contributed by atoms with Crippen LogP contribution in [0.25, 0.3) is 0 Å². The fourth-order valence-electron chi connectivity index (χ4n) is 10.5. The van der Waals surface area contributed by atoms with Crippen molar-refractivity contribution in [1.82, 2.24) is 5.32 Å². The molecule has 0 spiro atoms. The van der Waals surface area contributed by atoms with Crippen LogP contribution in [-0.4, -0.2) is 112 Å². The van der Waals surface area contributed by atoms with Crippen LogP contribution >= 0.6 is 11.3 Å². The second kappa shape index (κ2) is 17.1. The van der Waals surface area contributed by atoms with Crippen LogP contribution in [0.1, 0.15) is 108 Å². The van der Waals surface area contributed by atoms with Crippen LogP contribution in [0.5, 0.6) is 0 Å². The second-order valence-electron chi connectivity index (χ2n) is 17.8. The molecule has 1 aromatic heterocycles. The lowest BCUT2D eigenvalue weighted by Gasteiger charge is -2.67. The molecule has 2 bridgehead atoms. The SMILES string of the molecule is CCC(=O)O[C@H]1C(=O)[C@@]2(C)[C@H]([C@H](OC(=O)c3ccccc3)[C@]3(O)C[C@H](OC(=O)[C@H](O)[C@@H](NC(=O)OC4CCCC4)c4cccs4)C(C)=C1C3(C)C)[C@]1(OC(C)=O)CO[C@@H]1C[C@@H]2O. The molecule has 5 aliphatic rings. The zero-order valence-corrected chi connectivity index (χ0v) is 36.4. The third kappa shape index (κ3) is 7.62. The van der Waals surface area contributed by atoms with Crippen molar-refractivity contribution in [2.24, 2.45) is 16.7 Å². The van der Waals surface area contributed by atoms with E-state index < -0.39 is 113 Å². The molecule has 62 heavy (non-hydrogen) atoms. The van der Waals surface area contributed by atoms with Gasteiger partial charge in [-0.3, -0.25) is 14.4 Å². The Morgan fingerprint density at radius 2 is 1.68 bits per heavy atom. The fourth-order valence-corrected chi connectivity index (χ4v) is 11.3. The maximum absolute atomic E-state index is 15.6. The third-order valence-electron chi connectivity index (χ3n) is 14.0. The molecule has 0 unspecified atom stereocenters. The molecule has 4 fully saturated rings. The molecule has 4 N–H and O–H groups in total. The number of fused-ring (bicyclic) bond motifs is 5. The van der Waals surface area contributed by atoms with Gasteiger partial charge in [0.15, 0.2) is 23.6 Å². The highest BCUT2D eigenvalue weighted by Gasteiger charge is 2.78. The van der Waals surface area contributed by atoms with Gasteiger partial charge in [-0.15, -0.1) is 11.3 Å². The van der Waals surface area contributed by atoms with Gasteiger partial charge < -0.3 is 49.1 Å². The Morgan fingerprint density at radius 3 is 2.27 bits per heavy atom. The Bertz CT molecular complexity index is 2100. The molecule has 7 rings (SSSR count). The van der Waals surface area contributed by atoms with E-state index in [0.29, 0.717) is 17.7 Å². The predicted octanol–water partition coefficient (Wildman–Crippen LogP) is 4.43. The van der Waals surface area contributed by atoms with Gasteiger partial charge in [-0.2, -0.15) is 0 Å². The molecule has 11 atom stereocenters. The summed E-state index contributed by atoms with van der Waals surface area (Å²) in [6, 6.07) is 9.85. The van der Waals surface area contributed by atoms with Crippen molar-refractivity contribution in [3.63, 3.8) is 0 Å². The number of carbonyl (C=O) groups excluding carboxylic acids is 6. The molecule has 1 saturated heterocycles. The van der Waals surface area contributed by atoms with Crippen LogP contribution in [0.15, 0.2) is 59.0 Å².